The van der Waals surface area contributed by atoms with Crippen LogP contribution in [0.1, 0.15) is 10.5 Å². The van der Waals surface area contributed by atoms with Gasteiger partial charge in [0.1, 0.15) is 5.00 Å². The smallest absolute Gasteiger partial charge is 0.277 e. The van der Waals surface area contributed by atoms with Crippen molar-refractivity contribution in [1.82, 2.24) is 4.98 Å². The second kappa shape index (κ2) is 6.28. The van der Waals surface area contributed by atoms with Crippen LogP contribution in [0.3, 0.4) is 0 Å². The Morgan fingerprint density at radius 2 is 1.55 bits per heavy atom. The maximum atomic E-state index is 12.2. The van der Waals surface area contributed by atoms with Gasteiger partial charge in [0, 0.05) is 11.4 Å². The van der Waals surface area contributed by atoms with E-state index in [0.717, 1.165) is 5.69 Å². The molecule has 110 valence electrons. The average molecular weight is 310 g/mol. The Labute approximate surface area is 131 Å². The van der Waals surface area contributed by atoms with Crippen molar-refractivity contribution in [3.63, 3.8) is 0 Å². The molecular weight excluding hydrogens is 296 g/mol. The van der Waals surface area contributed by atoms with Gasteiger partial charge in [-0.3, -0.25) is 4.79 Å². The normalized spacial score (nSPS) is 10.2. The highest BCUT2D eigenvalue weighted by Gasteiger charge is 2.16. The zero-order valence-electron chi connectivity index (χ0n) is 11.6. The molecule has 0 atom stereocenters. The first-order valence-corrected chi connectivity index (χ1v) is 7.49. The Bertz CT molecular complexity index is 771. The van der Waals surface area contributed by atoms with Crippen molar-refractivity contribution in [3.8, 4) is 0 Å². The van der Waals surface area contributed by atoms with E-state index >= 15 is 0 Å². The van der Waals surface area contributed by atoms with E-state index in [4.69, 9.17) is 5.73 Å². The third kappa shape index (κ3) is 3.24. The van der Waals surface area contributed by atoms with E-state index in [1.165, 1.54) is 11.3 Å². The molecule has 0 aliphatic carbocycles. The summed E-state index contributed by atoms with van der Waals surface area (Å²) in [4.78, 5) is 16.5. The molecule has 0 radical (unpaired) electrons. The molecule has 0 aliphatic heterocycles. The highest BCUT2D eigenvalue weighted by Crippen LogP contribution is 2.28. The molecule has 1 amide bonds. The maximum absolute atomic E-state index is 12.2. The van der Waals surface area contributed by atoms with E-state index in [0.29, 0.717) is 15.8 Å². The summed E-state index contributed by atoms with van der Waals surface area (Å²) in [6.45, 7) is 0. The van der Waals surface area contributed by atoms with Gasteiger partial charge < -0.3 is 16.4 Å². The summed E-state index contributed by atoms with van der Waals surface area (Å²) < 4.78 is 0. The van der Waals surface area contributed by atoms with Crippen molar-refractivity contribution in [3.05, 3.63) is 66.4 Å². The Balaban J connectivity index is 1.76. The van der Waals surface area contributed by atoms with Crippen molar-refractivity contribution in [1.29, 1.82) is 0 Å². The number of hydrogen-bond acceptors (Lipinski definition) is 5. The fraction of sp³-hybridized carbons (Fsp3) is 0. The number of amides is 1. The largest absolute Gasteiger partial charge is 0.389 e. The first-order valence-electron chi connectivity index (χ1n) is 6.67. The van der Waals surface area contributed by atoms with Gasteiger partial charge >= 0.3 is 0 Å². The lowest BCUT2D eigenvalue weighted by atomic mass is 10.3. The lowest BCUT2D eigenvalue weighted by molar-refractivity contribution is 0.102. The minimum Gasteiger partial charge on any atom is -0.389 e. The van der Waals surface area contributed by atoms with Crippen LogP contribution in [0, 0.1) is 0 Å². The third-order valence-corrected chi connectivity index (χ3v) is 3.73. The van der Waals surface area contributed by atoms with E-state index in [-0.39, 0.29) is 11.6 Å². The van der Waals surface area contributed by atoms with Gasteiger partial charge in [0.05, 0.1) is 0 Å². The number of benzene rings is 2. The number of para-hydroxylation sites is 2. The summed E-state index contributed by atoms with van der Waals surface area (Å²) in [6.07, 6.45) is 0. The van der Waals surface area contributed by atoms with Gasteiger partial charge in [0.2, 0.25) is 0 Å². The zero-order chi connectivity index (χ0) is 15.4. The fourth-order valence-electron chi connectivity index (χ4n) is 1.90. The molecule has 6 heteroatoms. The molecule has 1 heterocycles. The number of anilines is 4. The quantitative estimate of drug-likeness (QED) is 0.686. The summed E-state index contributed by atoms with van der Waals surface area (Å²) in [5, 5.41) is 6.87. The number of aromatic nitrogens is 1. The third-order valence-electron chi connectivity index (χ3n) is 2.93. The molecule has 3 rings (SSSR count). The number of rotatable bonds is 4. The summed E-state index contributed by atoms with van der Waals surface area (Å²) in [7, 11) is 0. The molecule has 22 heavy (non-hydrogen) atoms. The number of carbonyl (C=O) groups excluding carboxylic acids is 1. The van der Waals surface area contributed by atoms with Crippen molar-refractivity contribution in [2.75, 3.05) is 16.4 Å². The average Bonchev–Trinajstić information content (AvgIpc) is 2.90. The molecular formula is C16H14N4OS. The molecule has 0 aliphatic rings. The van der Waals surface area contributed by atoms with E-state index < -0.39 is 0 Å². The molecule has 1 aromatic heterocycles. The molecule has 0 bridgehead atoms. The van der Waals surface area contributed by atoms with E-state index in [1.54, 1.807) is 0 Å². The summed E-state index contributed by atoms with van der Waals surface area (Å²) in [6, 6.07) is 18.8. The highest BCUT2D eigenvalue weighted by atomic mass is 32.1. The van der Waals surface area contributed by atoms with Gasteiger partial charge in [0.25, 0.3) is 5.91 Å². The predicted molar refractivity (Wildman–Crippen MR) is 90.6 cm³/mol. The van der Waals surface area contributed by atoms with Crippen LogP contribution in [-0.4, -0.2) is 10.9 Å². The number of thiazole rings is 1. The van der Waals surface area contributed by atoms with Crippen LogP contribution in [0.4, 0.5) is 21.5 Å². The molecule has 0 saturated heterocycles. The van der Waals surface area contributed by atoms with Crippen LogP contribution in [0.15, 0.2) is 60.7 Å². The Morgan fingerprint density at radius 1 is 0.955 bits per heavy atom. The molecule has 2 aromatic carbocycles. The fourth-order valence-corrected chi connectivity index (χ4v) is 2.65. The number of carbonyl (C=O) groups is 1. The monoisotopic (exact) mass is 310 g/mol. The highest BCUT2D eigenvalue weighted by molar-refractivity contribution is 7.19. The van der Waals surface area contributed by atoms with Gasteiger partial charge in [-0.05, 0) is 24.3 Å². The second-order valence-corrected chi connectivity index (χ2v) is 5.57. The predicted octanol–water partition coefficient (Wildman–Crippen LogP) is 3.72. The Morgan fingerprint density at radius 3 is 2.18 bits per heavy atom. The van der Waals surface area contributed by atoms with Crippen LogP contribution >= 0.6 is 11.3 Å². The number of nitrogens with one attached hydrogen (secondary N) is 2. The molecule has 4 N–H and O–H groups in total. The SMILES string of the molecule is Nc1sc(Nc2ccccc2)nc1C(=O)Nc1ccccc1. The molecule has 0 saturated carbocycles. The van der Waals surface area contributed by atoms with Crippen molar-refractivity contribution in [2.24, 2.45) is 0 Å². The van der Waals surface area contributed by atoms with Gasteiger partial charge in [0.15, 0.2) is 10.8 Å². The van der Waals surface area contributed by atoms with E-state index in [9.17, 15) is 4.79 Å². The van der Waals surface area contributed by atoms with Crippen molar-refractivity contribution in [2.45, 2.75) is 0 Å². The minimum absolute atomic E-state index is 0.229. The lowest BCUT2D eigenvalue weighted by Gasteiger charge is -2.03. The topological polar surface area (TPSA) is 80.0 Å². The summed E-state index contributed by atoms with van der Waals surface area (Å²) >= 11 is 1.24. The molecule has 3 aromatic rings. The Kier molecular flexibility index (Phi) is 4.02. The van der Waals surface area contributed by atoms with Crippen LogP contribution in [-0.2, 0) is 0 Å². The van der Waals surface area contributed by atoms with E-state index in [1.807, 2.05) is 60.7 Å². The zero-order valence-corrected chi connectivity index (χ0v) is 12.4. The number of nitrogen functional groups attached to an aromatic ring is 1. The van der Waals surface area contributed by atoms with Gasteiger partial charge in [-0.2, -0.15) is 0 Å². The van der Waals surface area contributed by atoms with Crippen LogP contribution < -0.4 is 16.4 Å². The maximum Gasteiger partial charge on any atom is 0.277 e. The summed E-state index contributed by atoms with van der Waals surface area (Å²) in [5.41, 5.74) is 7.73. The molecule has 0 spiro atoms. The van der Waals surface area contributed by atoms with Gasteiger partial charge in [-0.15, -0.1) is 0 Å². The van der Waals surface area contributed by atoms with Crippen LogP contribution in [0.5, 0.6) is 0 Å². The van der Waals surface area contributed by atoms with Gasteiger partial charge in [-0.25, -0.2) is 4.98 Å². The molecule has 5 nitrogen and oxygen atoms in total. The molecule has 0 fully saturated rings. The van der Waals surface area contributed by atoms with Gasteiger partial charge in [-0.1, -0.05) is 47.7 Å². The van der Waals surface area contributed by atoms with Crippen LogP contribution in [0.2, 0.25) is 0 Å². The standard InChI is InChI=1S/C16H14N4OS/c17-14-13(15(21)18-11-7-3-1-4-8-11)20-16(22-14)19-12-9-5-2-6-10-12/h1-10H,17H2,(H,18,21)(H,19,20). The minimum atomic E-state index is -0.318. The molecule has 0 unspecified atom stereocenters. The first kappa shape index (κ1) is 14.1. The summed E-state index contributed by atoms with van der Waals surface area (Å²) in [5.74, 6) is -0.318. The number of hydrogen-bond donors (Lipinski definition) is 3. The second-order valence-electron chi connectivity index (χ2n) is 4.54. The Hall–Kier alpha value is -2.86. The van der Waals surface area contributed by atoms with Crippen LogP contribution in [0.25, 0.3) is 0 Å². The first-order chi connectivity index (χ1) is 10.7. The van der Waals surface area contributed by atoms with Crippen molar-refractivity contribution < 1.29 is 4.79 Å². The van der Waals surface area contributed by atoms with E-state index in [2.05, 4.69) is 15.6 Å². The number of nitrogens with zero attached hydrogens (tertiary/aromatic N) is 1. The lowest BCUT2D eigenvalue weighted by Crippen LogP contribution is -2.13. The van der Waals surface area contributed by atoms with Crippen molar-refractivity contribution >= 4 is 38.8 Å². The number of nitrogens with two attached hydrogens (primary N) is 1.